The van der Waals surface area contributed by atoms with Gasteiger partial charge in [-0.15, -0.1) is 0 Å². The van der Waals surface area contributed by atoms with Crippen molar-refractivity contribution in [1.82, 2.24) is 0 Å². The van der Waals surface area contributed by atoms with Crippen molar-refractivity contribution in [2.24, 2.45) is 23.7 Å². The van der Waals surface area contributed by atoms with Gasteiger partial charge in [-0.3, -0.25) is 0 Å². The Morgan fingerprint density at radius 3 is 1.00 bits per heavy atom. The Morgan fingerprint density at radius 2 is 0.786 bits per heavy atom. The number of alkyl halides is 4. The van der Waals surface area contributed by atoms with Crippen LogP contribution in [0.1, 0.15) is 25.7 Å². The van der Waals surface area contributed by atoms with Crippen LogP contribution in [0.4, 0.5) is 0 Å². The molecule has 4 heteroatoms. The summed E-state index contributed by atoms with van der Waals surface area (Å²) in [5, 5.41) is 0. The molecule has 0 aromatic carbocycles. The van der Waals surface area contributed by atoms with E-state index in [1.54, 1.807) is 0 Å². The van der Waals surface area contributed by atoms with Crippen LogP contribution in [0, 0.1) is 23.7 Å². The van der Waals surface area contributed by atoms with Crippen molar-refractivity contribution in [2.75, 3.05) is 0 Å². The van der Waals surface area contributed by atoms with Crippen molar-refractivity contribution in [1.29, 1.82) is 0 Å². The highest BCUT2D eigenvalue weighted by Gasteiger charge is 2.67. The molecular weight excluding hydrogens is 440 g/mol. The summed E-state index contributed by atoms with van der Waals surface area (Å²) < 4.78 is 0.607. The maximum absolute atomic E-state index is 3.81. The van der Waals surface area contributed by atoms with Gasteiger partial charge in [0.1, 0.15) is 0 Å². The van der Waals surface area contributed by atoms with Crippen LogP contribution in [-0.2, 0) is 0 Å². The first-order valence-electron chi connectivity index (χ1n) is 5.21. The Balaban J connectivity index is 1.71. The minimum atomic E-state index is 0.304. The van der Waals surface area contributed by atoms with E-state index in [1.165, 1.54) is 25.7 Å². The van der Waals surface area contributed by atoms with Gasteiger partial charge in [-0.2, -0.15) is 0 Å². The fraction of sp³-hybridized carbons (Fsp3) is 1.00. The zero-order valence-electron chi connectivity index (χ0n) is 7.65. The average Bonchev–Trinajstić information content (AvgIpc) is 2.67. The fourth-order valence-electron chi connectivity index (χ4n) is 3.21. The normalized spacial score (nSPS) is 52.3. The summed E-state index contributed by atoms with van der Waals surface area (Å²) in [5.41, 5.74) is 0. The molecule has 0 aromatic rings. The molecule has 0 bridgehead atoms. The molecule has 4 atom stereocenters. The predicted octanol–water partition coefficient (Wildman–Crippen LogP) is 5.02. The van der Waals surface area contributed by atoms with Gasteiger partial charge in [-0.25, -0.2) is 0 Å². The highest BCUT2D eigenvalue weighted by atomic mass is 79.9. The second kappa shape index (κ2) is 3.23. The molecule has 0 spiro atoms. The Bertz CT molecular complexity index is 221. The van der Waals surface area contributed by atoms with E-state index in [9.17, 15) is 0 Å². The molecule has 0 amide bonds. The molecule has 0 heterocycles. The largest absolute Gasteiger partial charge is 0.0868 e. The molecule has 0 unspecified atom stereocenters. The van der Waals surface area contributed by atoms with Crippen molar-refractivity contribution in [3.8, 4) is 0 Å². The Morgan fingerprint density at radius 1 is 0.571 bits per heavy atom. The molecule has 14 heavy (non-hydrogen) atoms. The van der Waals surface area contributed by atoms with Gasteiger partial charge >= 0.3 is 0 Å². The molecule has 0 aliphatic heterocycles. The van der Waals surface area contributed by atoms with E-state index in [0.29, 0.717) is 6.47 Å². The summed E-state index contributed by atoms with van der Waals surface area (Å²) in [5.74, 6) is 3.50. The van der Waals surface area contributed by atoms with Gasteiger partial charge in [0.2, 0.25) is 0 Å². The first-order valence-corrected chi connectivity index (χ1v) is 8.38. The first-order chi connectivity index (χ1) is 6.45. The molecule has 0 nitrogen and oxygen atoms in total. The highest BCUT2D eigenvalue weighted by Crippen LogP contribution is 2.73. The smallest absolute Gasteiger partial charge is 0.0721 e. The van der Waals surface area contributed by atoms with Crippen molar-refractivity contribution >= 4 is 63.7 Å². The molecule has 80 valence electrons. The summed E-state index contributed by atoms with van der Waals surface area (Å²) in [7, 11) is 0. The topological polar surface area (TPSA) is 0 Å². The van der Waals surface area contributed by atoms with Crippen LogP contribution in [0.25, 0.3) is 0 Å². The van der Waals surface area contributed by atoms with Gasteiger partial charge in [-0.1, -0.05) is 63.7 Å². The van der Waals surface area contributed by atoms with Crippen molar-refractivity contribution in [3.05, 3.63) is 0 Å². The standard InChI is InChI=1S/C10H12Br4/c11-9(12)5-1-2-6-8(10(6,13)14)4-3-7(5)9/h5-8H,1-4H2/t5-,6-,7-,8+/m0/s1. The quantitative estimate of drug-likeness (QED) is 0.453. The number of hydrogen-bond donors (Lipinski definition) is 0. The second-order valence-corrected chi connectivity index (χ2v) is 12.3. The average molecular weight is 452 g/mol. The first kappa shape index (κ1) is 11.0. The molecule has 0 N–H and O–H groups in total. The zero-order valence-corrected chi connectivity index (χ0v) is 14.0. The van der Waals surface area contributed by atoms with E-state index in [2.05, 4.69) is 63.7 Å². The maximum Gasteiger partial charge on any atom is 0.0868 e. The summed E-state index contributed by atoms with van der Waals surface area (Å²) in [6.07, 6.45) is 5.51. The molecule has 0 aromatic heterocycles. The molecular formula is C10H12Br4. The van der Waals surface area contributed by atoms with Gasteiger partial charge in [0, 0.05) is 0 Å². The molecule has 3 saturated carbocycles. The van der Waals surface area contributed by atoms with Crippen LogP contribution in [0.3, 0.4) is 0 Å². The van der Waals surface area contributed by atoms with Crippen LogP contribution in [0.5, 0.6) is 0 Å². The molecule has 3 aliphatic rings. The van der Waals surface area contributed by atoms with Gasteiger partial charge in [0.05, 0.1) is 6.47 Å². The summed E-state index contributed by atoms with van der Waals surface area (Å²) in [4.78, 5) is 0. The number of rotatable bonds is 0. The monoisotopic (exact) mass is 448 g/mol. The van der Waals surface area contributed by atoms with Gasteiger partial charge in [-0.05, 0) is 49.4 Å². The Hall–Kier alpha value is 1.92. The van der Waals surface area contributed by atoms with E-state index in [1.807, 2.05) is 0 Å². The SMILES string of the molecule is BrC1(Br)[C@@H]2CC[C@H]3[C@H](CC[C@@H]21)C3(Br)Br. The summed E-state index contributed by atoms with van der Waals surface area (Å²) in [6.45, 7) is 0. The number of fused-ring (bicyclic) bond motifs is 2. The third kappa shape index (κ3) is 1.46. The number of hydrogen-bond acceptors (Lipinski definition) is 0. The summed E-state index contributed by atoms with van der Waals surface area (Å²) >= 11 is 15.2. The molecule has 3 aliphatic carbocycles. The lowest BCUT2D eigenvalue weighted by atomic mass is 10.0. The van der Waals surface area contributed by atoms with E-state index in [0.717, 1.165) is 23.7 Å². The minimum Gasteiger partial charge on any atom is -0.0721 e. The van der Waals surface area contributed by atoms with Crippen LogP contribution in [-0.4, -0.2) is 6.47 Å². The lowest BCUT2D eigenvalue weighted by molar-refractivity contribution is 0.468. The van der Waals surface area contributed by atoms with Crippen molar-refractivity contribution in [2.45, 2.75) is 32.2 Å². The number of halogens is 4. The summed E-state index contributed by atoms with van der Waals surface area (Å²) in [6, 6.07) is 0. The van der Waals surface area contributed by atoms with Gasteiger partial charge in [0.25, 0.3) is 0 Å². The van der Waals surface area contributed by atoms with Crippen LogP contribution >= 0.6 is 63.7 Å². The fourth-order valence-corrected chi connectivity index (χ4v) is 7.07. The van der Waals surface area contributed by atoms with Crippen molar-refractivity contribution in [3.63, 3.8) is 0 Å². The van der Waals surface area contributed by atoms with Crippen LogP contribution in [0.15, 0.2) is 0 Å². The zero-order chi connectivity index (χ0) is 10.1. The Labute approximate surface area is 118 Å². The molecule has 0 radical (unpaired) electrons. The third-order valence-electron chi connectivity index (χ3n) is 4.31. The lowest BCUT2D eigenvalue weighted by Crippen LogP contribution is -1.93. The van der Waals surface area contributed by atoms with E-state index in [4.69, 9.17) is 0 Å². The lowest BCUT2D eigenvalue weighted by Gasteiger charge is -2.03. The van der Waals surface area contributed by atoms with Gasteiger partial charge in [0.15, 0.2) is 0 Å². The molecule has 3 rings (SSSR count). The Kier molecular flexibility index (Phi) is 2.55. The molecule has 0 saturated heterocycles. The van der Waals surface area contributed by atoms with Gasteiger partial charge < -0.3 is 0 Å². The third-order valence-corrected chi connectivity index (χ3v) is 9.01. The maximum atomic E-state index is 3.81. The predicted molar refractivity (Wildman–Crippen MR) is 73.6 cm³/mol. The van der Waals surface area contributed by atoms with Crippen LogP contribution in [0.2, 0.25) is 0 Å². The van der Waals surface area contributed by atoms with Crippen molar-refractivity contribution < 1.29 is 0 Å². The van der Waals surface area contributed by atoms with E-state index in [-0.39, 0.29) is 0 Å². The molecule has 3 fully saturated rings. The highest BCUT2D eigenvalue weighted by molar-refractivity contribution is 9.26. The van der Waals surface area contributed by atoms with E-state index >= 15 is 0 Å². The second-order valence-electron chi connectivity index (χ2n) is 4.93. The minimum absolute atomic E-state index is 0.304. The van der Waals surface area contributed by atoms with Crippen LogP contribution < -0.4 is 0 Å². The van der Waals surface area contributed by atoms with E-state index < -0.39 is 0 Å².